The van der Waals surface area contributed by atoms with Gasteiger partial charge < -0.3 is 14.4 Å². The van der Waals surface area contributed by atoms with Crippen LogP contribution in [0.2, 0.25) is 0 Å². The molecular formula is C22H25NO4. The number of carbonyl (C=O) groups excluding carboxylic acids is 2. The number of aliphatic hydroxyl groups is 1. The van der Waals surface area contributed by atoms with E-state index in [1.54, 1.807) is 11.0 Å². The molecule has 142 valence electrons. The van der Waals surface area contributed by atoms with E-state index >= 15 is 0 Å². The summed E-state index contributed by atoms with van der Waals surface area (Å²) in [6.45, 7) is 8.78. The predicted octanol–water partition coefficient (Wildman–Crippen LogP) is 4.57. The first kappa shape index (κ1) is 19.0. The van der Waals surface area contributed by atoms with Gasteiger partial charge in [-0.3, -0.25) is 9.59 Å². The van der Waals surface area contributed by atoms with Crippen LogP contribution < -0.4 is 0 Å². The molecule has 1 aliphatic heterocycles. The van der Waals surface area contributed by atoms with Gasteiger partial charge in [-0.05, 0) is 35.1 Å². The molecule has 2 heterocycles. The van der Waals surface area contributed by atoms with E-state index in [2.05, 4.69) is 20.8 Å². The van der Waals surface area contributed by atoms with Gasteiger partial charge in [-0.15, -0.1) is 0 Å². The summed E-state index contributed by atoms with van der Waals surface area (Å²) in [4.78, 5) is 27.1. The van der Waals surface area contributed by atoms with E-state index in [9.17, 15) is 14.7 Å². The maximum Gasteiger partial charge on any atom is 0.290 e. The number of hydrogen-bond acceptors (Lipinski definition) is 4. The largest absolute Gasteiger partial charge is 0.503 e. The number of Topliss-reactive ketones (excluding diaryl/α,β-unsaturated/α-hetero) is 1. The Hall–Kier alpha value is -2.82. The van der Waals surface area contributed by atoms with Gasteiger partial charge in [0.05, 0.1) is 17.9 Å². The molecule has 2 aromatic rings. The van der Waals surface area contributed by atoms with Crippen LogP contribution in [0.1, 0.15) is 61.8 Å². The van der Waals surface area contributed by atoms with Crippen LogP contribution in [-0.4, -0.2) is 28.2 Å². The van der Waals surface area contributed by atoms with Gasteiger partial charge >= 0.3 is 0 Å². The number of nitrogens with zero attached hydrogens (tertiary/aromatic N) is 1. The first-order chi connectivity index (χ1) is 12.8. The van der Waals surface area contributed by atoms with Crippen molar-refractivity contribution < 1.29 is 19.1 Å². The molecule has 0 radical (unpaired) electrons. The lowest BCUT2D eigenvalue weighted by Gasteiger charge is -2.27. The van der Waals surface area contributed by atoms with Gasteiger partial charge in [0.25, 0.3) is 5.91 Å². The predicted molar refractivity (Wildman–Crippen MR) is 103 cm³/mol. The second-order valence-corrected chi connectivity index (χ2v) is 7.84. The number of furan rings is 1. The first-order valence-corrected chi connectivity index (χ1v) is 9.18. The number of benzene rings is 1. The number of rotatable bonds is 5. The van der Waals surface area contributed by atoms with Crippen LogP contribution in [0.5, 0.6) is 0 Å². The highest BCUT2D eigenvalue weighted by molar-refractivity contribution is 6.15. The molecule has 3 rings (SSSR count). The highest BCUT2D eigenvalue weighted by Crippen LogP contribution is 2.39. The second kappa shape index (κ2) is 7.06. The van der Waals surface area contributed by atoms with Crippen molar-refractivity contribution in [3.8, 4) is 0 Å². The third-order valence-electron chi connectivity index (χ3n) is 4.85. The molecule has 1 unspecified atom stereocenters. The quantitative estimate of drug-likeness (QED) is 0.786. The lowest BCUT2D eigenvalue weighted by molar-refractivity contribution is -0.129. The number of hydrogen-bond donors (Lipinski definition) is 1. The normalized spacial score (nSPS) is 17.7. The molecule has 0 fully saturated rings. The fourth-order valence-corrected chi connectivity index (χ4v) is 3.41. The van der Waals surface area contributed by atoms with Crippen molar-refractivity contribution in [1.29, 1.82) is 0 Å². The minimum atomic E-state index is -0.621. The van der Waals surface area contributed by atoms with Gasteiger partial charge in [-0.25, -0.2) is 0 Å². The average molecular weight is 367 g/mol. The van der Waals surface area contributed by atoms with Crippen molar-refractivity contribution in [2.24, 2.45) is 0 Å². The standard InChI is InChI=1S/C22H25NO4/c1-5-12-23-18(14-8-10-15(11-9-14)22(2,3)4)17(20(25)21(23)26)19(24)16-7-6-13-27-16/h6-11,13,18,25H,5,12H2,1-4H3. The zero-order chi connectivity index (χ0) is 19.8. The SMILES string of the molecule is CCCN1C(=O)C(O)=C(C(=O)c2ccco2)C1c1ccc(C(C)(C)C)cc1. The van der Waals surface area contributed by atoms with Crippen molar-refractivity contribution in [3.63, 3.8) is 0 Å². The van der Waals surface area contributed by atoms with Crippen LogP contribution in [0.4, 0.5) is 0 Å². The smallest absolute Gasteiger partial charge is 0.290 e. The Kier molecular flexibility index (Phi) is 4.96. The fourth-order valence-electron chi connectivity index (χ4n) is 3.41. The number of ketones is 1. The van der Waals surface area contributed by atoms with Crippen molar-refractivity contribution in [2.45, 2.75) is 45.6 Å². The summed E-state index contributed by atoms with van der Waals surface area (Å²) in [6.07, 6.45) is 2.12. The molecule has 0 saturated carbocycles. The Bertz CT molecular complexity index is 870. The molecule has 1 N–H and O–H groups in total. The maximum absolute atomic E-state index is 12.9. The van der Waals surface area contributed by atoms with Gasteiger partial charge in [0.15, 0.2) is 11.5 Å². The summed E-state index contributed by atoms with van der Waals surface area (Å²) in [5.74, 6) is -1.36. The summed E-state index contributed by atoms with van der Waals surface area (Å²) >= 11 is 0. The van der Waals surface area contributed by atoms with Crippen molar-refractivity contribution in [3.05, 3.63) is 70.9 Å². The fraction of sp³-hybridized carbons (Fsp3) is 0.364. The van der Waals surface area contributed by atoms with Crippen LogP contribution in [0.3, 0.4) is 0 Å². The Balaban J connectivity index is 2.07. The third kappa shape index (κ3) is 3.42. The summed E-state index contributed by atoms with van der Waals surface area (Å²) in [6, 6.07) is 10.4. The zero-order valence-corrected chi connectivity index (χ0v) is 16.2. The van der Waals surface area contributed by atoms with Crippen molar-refractivity contribution in [1.82, 2.24) is 4.90 Å². The second-order valence-electron chi connectivity index (χ2n) is 7.84. The molecule has 1 amide bonds. The van der Waals surface area contributed by atoms with Gasteiger partial charge in [0, 0.05) is 6.54 Å². The van der Waals surface area contributed by atoms with Crippen LogP contribution in [0.25, 0.3) is 0 Å². The minimum Gasteiger partial charge on any atom is -0.503 e. The molecule has 1 atom stereocenters. The number of aliphatic hydroxyl groups excluding tert-OH is 1. The molecule has 5 heteroatoms. The Morgan fingerprint density at radius 2 is 1.85 bits per heavy atom. The topological polar surface area (TPSA) is 70.8 Å². The van der Waals surface area contributed by atoms with Gasteiger partial charge in [0.1, 0.15) is 0 Å². The van der Waals surface area contributed by atoms with E-state index in [0.717, 1.165) is 17.5 Å². The summed E-state index contributed by atoms with van der Waals surface area (Å²) < 4.78 is 5.21. The van der Waals surface area contributed by atoms with E-state index in [1.807, 2.05) is 31.2 Å². The molecule has 1 aromatic carbocycles. The number of carbonyl (C=O) groups is 2. The monoisotopic (exact) mass is 367 g/mol. The van der Waals surface area contributed by atoms with E-state index in [0.29, 0.717) is 6.54 Å². The summed E-state index contributed by atoms with van der Waals surface area (Å²) in [7, 11) is 0. The van der Waals surface area contributed by atoms with Crippen LogP contribution in [0.15, 0.2) is 58.4 Å². The lowest BCUT2D eigenvalue weighted by atomic mass is 9.85. The molecule has 0 aliphatic carbocycles. The molecule has 0 saturated heterocycles. The molecular weight excluding hydrogens is 342 g/mol. The number of amides is 1. The Morgan fingerprint density at radius 1 is 1.19 bits per heavy atom. The van der Waals surface area contributed by atoms with Gasteiger partial charge in [-0.2, -0.15) is 0 Å². The third-order valence-corrected chi connectivity index (χ3v) is 4.85. The highest BCUT2D eigenvalue weighted by atomic mass is 16.3. The van der Waals surface area contributed by atoms with E-state index in [4.69, 9.17) is 4.42 Å². The minimum absolute atomic E-state index is 0.00206. The van der Waals surface area contributed by atoms with Crippen molar-refractivity contribution in [2.75, 3.05) is 6.54 Å². The summed E-state index contributed by atoms with van der Waals surface area (Å²) in [5, 5.41) is 10.5. The molecule has 1 aromatic heterocycles. The first-order valence-electron chi connectivity index (χ1n) is 9.18. The Morgan fingerprint density at radius 3 is 2.37 bits per heavy atom. The van der Waals surface area contributed by atoms with E-state index < -0.39 is 23.5 Å². The molecule has 5 nitrogen and oxygen atoms in total. The van der Waals surface area contributed by atoms with Gasteiger partial charge in [-0.1, -0.05) is 52.0 Å². The van der Waals surface area contributed by atoms with Crippen LogP contribution in [-0.2, 0) is 10.2 Å². The Labute approximate surface area is 159 Å². The summed E-state index contributed by atoms with van der Waals surface area (Å²) in [5.41, 5.74) is 2.03. The lowest BCUT2D eigenvalue weighted by Crippen LogP contribution is -2.31. The van der Waals surface area contributed by atoms with Crippen molar-refractivity contribution >= 4 is 11.7 Å². The zero-order valence-electron chi connectivity index (χ0n) is 16.2. The average Bonchev–Trinajstić information content (AvgIpc) is 3.24. The highest BCUT2D eigenvalue weighted by Gasteiger charge is 2.44. The van der Waals surface area contributed by atoms with Gasteiger partial charge in [0.2, 0.25) is 5.78 Å². The van der Waals surface area contributed by atoms with Crippen LogP contribution in [0, 0.1) is 0 Å². The molecule has 1 aliphatic rings. The van der Waals surface area contributed by atoms with E-state index in [1.165, 1.54) is 12.3 Å². The van der Waals surface area contributed by atoms with E-state index in [-0.39, 0.29) is 16.7 Å². The molecule has 27 heavy (non-hydrogen) atoms. The molecule has 0 bridgehead atoms. The van der Waals surface area contributed by atoms with Crippen LogP contribution >= 0.6 is 0 Å². The maximum atomic E-state index is 12.9. The molecule has 0 spiro atoms.